The van der Waals surface area contributed by atoms with Crippen molar-refractivity contribution < 1.29 is 0 Å². The van der Waals surface area contributed by atoms with E-state index in [-0.39, 0.29) is 0 Å². The summed E-state index contributed by atoms with van der Waals surface area (Å²) in [6, 6.07) is 96.4. The minimum Gasteiger partial charge on any atom is -0.265 e. The molecule has 0 unspecified atom stereocenters. The van der Waals surface area contributed by atoms with E-state index < -0.39 is 0 Å². The summed E-state index contributed by atoms with van der Waals surface area (Å²) in [5.74, 6) is 2.40. The normalized spacial score (nSPS) is 8.71. The van der Waals surface area contributed by atoms with Crippen molar-refractivity contribution >= 4 is 0 Å². The van der Waals surface area contributed by atoms with Gasteiger partial charge in [-0.25, -0.2) is 74.8 Å². The molecular weight excluding hydrogens is 1640 g/mol. The highest BCUT2D eigenvalue weighted by atomic mass is 15.0. The van der Waals surface area contributed by atoms with Crippen LogP contribution in [-0.4, -0.2) is 105 Å². The molecule has 21 heteroatoms. The van der Waals surface area contributed by atoms with Crippen LogP contribution in [0.1, 0.15) is 107 Å². The minimum absolute atomic E-state index is 0.759. The van der Waals surface area contributed by atoms with Crippen molar-refractivity contribution in [3.8, 4) is 0 Å². The van der Waals surface area contributed by atoms with Gasteiger partial charge in [-0.3, -0.25) is 29.9 Å². The van der Waals surface area contributed by atoms with Crippen LogP contribution in [0, 0.1) is 132 Å². The predicted molar refractivity (Wildman–Crippen MR) is 546 cm³/mol. The van der Waals surface area contributed by atoms with Gasteiger partial charge < -0.3 is 0 Å². The second kappa shape index (κ2) is 82.7. The first-order chi connectivity index (χ1) is 64.5. The van der Waals surface area contributed by atoms with Crippen LogP contribution in [0.2, 0.25) is 0 Å². The molecule has 0 saturated carbocycles. The van der Waals surface area contributed by atoms with E-state index in [0.29, 0.717) is 0 Å². The van der Waals surface area contributed by atoms with Crippen molar-refractivity contribution in [2.45, 2.75) is 132 Å². The van der Waals surface area contributed by atoms with Gasteiger partial charge in [0, 0.05) is 147 Å². The zero-order valence-electron chi connectivity index (χ0n) is 80.6. The average molecular weight is 1770 g/mol. The molecule has 6 aromatic carbocycles. The molecule has 0 aliphatic heterocycles. The van der Waals surface area contributed by atoms with E-state index in [4.69, 9.17) is 0 Å². The van der Waals surface area contributed by atoms with Gasteiger partial charge in [-0.05, 0) is 250 Å². The number of aryl methyl sites for hydroxylation is 19. The Kier molecular flexibility index (Phi) is 71.3. The molecule has 0 spiro atoms. The van der Waals surface area contributed by atoms with Gasteiger partial charge in [0.05, 0.1) is 0 Å². The fourth-order valence-corrected chi connectivity index (χ4v) is 8.36. The molecule has 133 heavy (non-hydrogen) atoms. The van der Waals surface area contributed by atoms with Crippen LogP contribution in [0.25, 0.3) is 0 Å². The molecular formula is C112H131N21. The van der Waals surface area contributed by atoms with E-state index in [1.165, 1.54) is 93.6 Å². The SMILES string of the molecule is Cc1ccccc1.Cc1ccccc1.Cc1ccccc1.Cc1ccccc1.Cc1ccccc1.Cc1ccccc1.Cc1ccccn1.Cc1ccccn1.Cc1cccnc1.Cc1cccnc1.Cc1ccncc1.Cc1ccncc1.Cc1ccncn1.Cc1ccncn1.Cc1cncnc1.Cc1cncnc1.Cc1ncccn1.Cc1ncccn1.Cc1ncncn1. The molecule has 19 aromatic rings. The maximum atomic E-state index is 3.98. The third-order valence-corrected chi connectivity index (χ3v) is 15.4. The topological polar surface area (TPSA) is 271 Å². The van der Waals surface area contributed by atoms with Gasteiger partial charge in [-0.2, -0.15) is 0 Å². The Hall–Kier alpha value is -16.3. The number of rotatable bonds is 0. The van der Waals surface area contributed by atoms with Crippen LogP contribution in [0.5, 0.6) is 0 Å². The van der Waals surface area contributed by atoms with E-state index in [0.717, 1.165) is 51.4 Å². The lowest BCUT2D eigenvalue weighted by Gasteiger charge is -1.82. The molecule has 0 aliphatic carbocycles. The van der Waals surface area contributed by atoms with Crippen LogP contribution in [0.4, 0.5) is 0 Å². The summed E-state index contributed by atoms with van der Waals surface area (Å²) in [4.78, 5) is 80.3. The number of nitrogens with zero attached hydrogens (tertiary/aromatic N) is 21. The number of pyridine rings is 6. The van der Waals surface area contributed by atoms with Crippen LogP contribution < -0.4 is 0 Å². The molecule has 0 atom stereocenters. The van der Waals surface area contributed by atoms with Gasteiger partial charge in [0.1, 0.15) is 55.4 Å². The Labute approximate surface area is 791 Å². The predicted octanol–water partition coefficient (Wildman–Crippen LogP) is 25.2. The molecule has 13 aromatic heterocycles. The second-order valence-corrected chi connectivity index (χ2v) is 28.3. The molecule has 0 saturated heterocycles. The molecule has 21 nitrogen and oxygen atoms in total. The van der Waals surface area contributed by atoms with Crippen LogP contribution >= 0.6 is 0 Å². The van der Waals surface area contributed by atoms with E-state index in [2.05, 4.69) is 219 Å². The summed E-state index contributed by atoms with van der Waals surface area (Å²) in [5.41, 5.74) is 19.2. The Bertz CT molecular complexity index is 4070. The van der Waals surface area contributed by atoms with Crippen molar-refractivity contribution in [3.63, 3.8) is 0 Å². The van der Waals surface area contributed by atoms with E-state index >= 15 is 0 Å². The molecule has 0 N–H and O–H groups in total. The van der Waals surface area contributed by atoms with Crippen molar-refractivity contribution in [3.05, 3.63) is 560 Å². The van der Waals surface area contributed by atoms with Crippen molar-refractivity contribution in [2.75, 3.05) is 0 Å². The zero-order valence-corrected chi connectivity index (χ0v) is 80.6. The quantitative estimate of drug-likeness (QED) is 0.136. The summed E-state index contributed by atoms with van der Waals surface area (Å²) in [5, 5.41) is 0. The van der Waals surface area contributed by atoms with E-state index in [1.54, 1.807) is 124 Å². The first-order valence-corrected chi connectivity index (χ1v) is 42.7. The first kappa shape index (κ1) is 115. The van der Waals surface area contributed by atoms with Crippen LogP contribution in [0.3, 0.4) is 0 Å². The maximum Gasteiger partial charge on any atom is 0.128 e. The molecule has 0 radical (unpaired) electrons. The Morgan fingerprint density at radius 3 is 0.451 bits per heavy atom. The molecule has 684 valence electrons. The molecule has 0 fully saturated rings. The molecule has 0 aliphatic rings. The molecule has 13 heterocycles. The Morgan fingerprint density at radius 2 is 0.331 bits per heavy atom. The average Bonchev–Trinajstić information content (AvgIpc) is 1.57. The summed E-state index contributed by atoms with van der Waals surface area (Å²) in [6.45, 7) is 37.9. The standard InChI is InChI=1S/6C7H8.6C6H7N.6C5H6N2.C4H5N3/c6*1-7-5-3-2-4-6-7;2*1-6-2-4-7-5-3-6;2*1-6-3-2-4-7-5-6;2*1-6-4-2-3-5-7-6;2*1-5-2-6-4-7-3-5;2*1-5-2-3-6-4-7-5;2*1-5-6-3-2-4-7-5;1-4-6-2-5-3-7-4/h6*2-6H,1H3;6*2-5H,1H3;6*2-4H,1H3;2-3H,1H3. The van der Waals surface area contributed by atoms with Crippen molar-refractivity contribution in [1.29, 1.82) is 0 Å². The smallest absolute Gasteiger partial charge is 0.128 e. The van der Waals surface area contributed by atoms with Gasteiger partial charge in [0.2, 0.25) is 0 Å². The lowest BCUT2D eigenvalue weighted by Crippen LogP contribution is -1.84. The highest BCUT2D eigenvalue weighted by molar-refractivity contribution is 5.17. The molecule has 0 bridgehead atoms. The summed E-state index contributed by atoms with van der Waals surface area (Å²) in [6.07, 6.45) is 44.4. The largest absolute Gasteiger partial charge is 0.265 e. The Morgan fingerprint density at radius 1 is 0.113 bits per heavy atom. The molecule has 0 amide bonds. The summed E-state index contributed by atoms with van der Waals surface area (Å²) >= 11 is 0. The lowest BCUT2D eigenvalue weighted by atomic mass is 10.2. The Balaban J connectivity index is 0.000000702. The highest BCUT2D eigenvalue weighted by Crippen LogP contribution is 2.00. The third-order valence-electron chi connectivity index (χ3n) is 15.4. The van der Waals surface area contributed by atoms with Crippen LogP contribution in [-0.2, 0) is 0 Å². The van der Waals surface area contributed by atoms with Gasteiger partial charge in [0.25, 0.3) is 0 Å². The van der Waals surface area contributed by atoms with Gasteiger partial charge in [-0.15, -0.1) is 0 Å². The fourth-order valence-electron chi connectivity index (χ4n) is 8.36. The second-order valence-electron chi connectivity index (χ2n) is 28.3. The monoisotopic (exact) mass is 1770 g/mol. The number of aromatic nitrogens is 21. The van der Waals surface area contributed by atoms with Crippen molar-refractivity contribution in [1.82, 2.24) is 105 Å². The zero-order chi connectivity index (χ0) is 97.1. The maximum absolute atomic E-state index is 3.98. The van der Waals surface area contributed by atoms with Crippen LogP contribution in [0.15, 0.2) is 453 Å². The fraction of sp³-hybridized carbons (Fsp3) is 0.170. The number of hydrogen-bond donors (Lipinski definition) is 0. The van der Waals surface area contributed by atoms with Gasteiger partial charge in [-0.1, -0.05) is 240 Å². The van der Waals surface area contributed by atoms with E-state index in [1.807, 2.05) is 309 Å². The number of hydrogen-bond acceptors (Lipinski definition) is 21. The van der Waals surface area contributed by atoms with Gasteiger partial charge >= 0.3 is 0 Å². The molecule has 19 rings (SSSR count). The van der Waals surface area contributed by atoms with Crippen molar-refractivity contribution in [2.24, 2.45) is 0 Å². The summed E-state index contributed by atoms with van der Waals surface area (Å²) in [7, 11) is 0. The minimum atomic E-state index is 0.759. The third kappa shape index (κ3) is 81.2. The first-order valence-electron chi connectivity index (χ1n) is 42.7. The summed E-state index contributed by atoms with van der Waals surface area (Å²) < 4.78 is 0. The lowest BCUT2D eigenvalue weighted by molar-refractivity contribution is 0.974. The van der Waals surface area contributed by atoms with E-state index in [9.17, 15) is 0 Å². The van der Waals surface area contributed by atoms with Gasteiger partial charge in [0.15, 0.2) is 0 Å². The number of benzene rings is 6. The highest BCUT2D eigenvalue weighted by Gasteiger charge is 1.85.